The second-order valence-electron chi connectivity index (χ2n) is 4.87. The minimum absolute atomic E-state index is 0.266. The summed E-state index contributed by atoms with van der Waals surface area (Å²) in [6.45, 7) is 10.3. The molecular weight excluding hydrogens is 204 g/mol. The van der Waals surface area contributed by atoms with Gasteiger partial charge in [0.1, 0.15) is 0 Å². The van der Waals surface area contributed by atoms with Crippen LogP contribution in [-0.2, 0) is 0 Å². The Morgan fingerprint density at radius 1 is 1.53 bits per heavy atom. The Kier molecular flexibility index (Phi) is 3.14. The van der Waals surface area contributed by atoms with Gasteiger partial charge in [-0.15, -0.1) is 11.3 Å². The Labute approximate surface area is 96.3 Å². The first kappa shape index (κ1) is 11.1. The third-order valence-corrected chi connectivity index (χ3v) is 4.33. The molecule has 0 aliphatic carbocycles. The van der Waals surface area contributed by atoms with Crippen molar-refractivity contribution in [2.75, 3.05) is 19.6 Å². The van der Waals surface area contributed by atoms with Gasteiger partial charge in [0.15, 0.2) is 0 Å². The van der Waals surface area contributed by atoms with Crippen molar-refractivity contribution in [3.05, 3.63) is 22.4 Å². The average molecular weight is 224 g/mol. The molecule has 0 bridgehead atoms. The molecule has 1 saturated heterocycles. The lowest BCUT2D eigenvalue weighted by molar-refractivity contribution is 0.0531. The third kappa shape index (κ3) is 2.25. The molecule has 1 atom stereocenters. The van der Waals surface area contributed by atoms with Gasteiger partial charge in [-0.3, -0.25) is 4.90 Å². The quantitative estimate of drug-likeness (QED) is 0.830. The van der Waals surface area contributed by atoms with Crippen molar-refractivity contribution in [3.8, 4) is 0 Å². The monoisotopic (exact) mass is 224 g/mol. The molecule has 3 heteroatoms. The van der Waals surface area contributed by atoms with Gasteiger partial charge in [0, 0.05) is 36.1 Å². The summed E-state index contributed by atoms with van der Waals surface area (Å²) in [4.78, 5) is 4.08. The van der Waals surface area contributed by atoms with Crippen LogP contribution in [0.5, 0.6) is 0 Å². The Bertz CT molecular complexity index is 305. The summed E-state index contributed by atoms with van der Waals surface area (Å²) in [7, 11) is 0. The first-order valence-electron chi connectivity index (χ1n) is 5.62. The fraction of sp³-hybridized carbons (Fsp3) is 0.667. The lowest BCUT2D eigenvalue weighted by atomic mass is 9.97. The number of thiophene rings is 1. The molecule has 1 fully saturated rings. The molecular formula is C12H20N2S. The number of hydrogen-bond donors (Lipinski definition) is 1. The van der Waals surface area contributed by atoms with Gasteiger partial charge in [0.25, 0.3) is 0 Å². The zero-order valence-corrected chi connectivity index (χ0v) is 10.6. The molecule has 1 aromatic heterocycles. The molecule has 84 valence electrons. The van der Waals surface area contributed by atoms with Crippen molar-refractivity contribution in [2.24, 2.45) is 0 Å². The van der Waals surface area contributed by atoms with Crippen LogP contribution in [0.1, 0.15) is 31.7 Å². The van der Waals surface area contributed by atoms with Gasteiger partial charge >= 0.3 is 0 Å². The van der Waals surface area contributed by atoms with E-state index in [1.165, 1.54) is 4.88 Å². The van der Waals surface area contributed by atoms with E-state index in [2.05, 4.69) is 48.5 Å². The van der Waals surface area contributed by atoms with E-state index in [1.807, 2.05) is 11.3 Å². The van der Waals surface area contributed by atoms with Crippen LogP contribution in [0, 0.1) is 0 Å². The van der Waals surface area contributed by atoms with Gasteiger partial charge in [0.2, 0.25) is 0 Å². The summed E-state index contributed by atoms with van der Waals surface area (Å²) in [5.41, 5.74) is 0.266. The largest absolute Gasteiger partial charge is 0.314 e. The van der Waals surface area contributed by atoms with E-state index >= 15 is 0 Å². The van der Waals surface area contributed by atoms with Gasteiger partial charge in [-0.1, -0.05) is 6.07 Å². The molecule has 1 aliphatic heterocycles. The summed E-state index contributed by atoms with van der Waals surface area (Å²) >= 11 is 1.86. The van der Waals surface area contributed by atoms with E-state index < -0.39 is 0 Å². The van der Waals surface area contributed by atoms with Gasteiger partial charge in [-0.05, 0) is 32.2 Å². The normalized spacial score (nSPS) is 23.9. The highest BCUT2D eigenvalue weighted by molar-refractivity contribution is 7.10. The van der Waals surface area contributed by atoms with Crippen molar-refractivity contribution in [2.45, 2.75) is 32.4 Å². The smallest absolute Gasteiger partial charge is 0.0419 e. The summed E-state index contributed by atoms with van der Waals surface area (Å²) < 4.78 is 0. The van der Waals surface area contributed by atoms with E-state index in [4.69, 9.17) is 0 Å². The molecule has 0 saturated carbocycles. The topological polar surface area (TPSA) is 15.3 Å². The Morgan fingerprint density at radius 2 is 2.33 bits per heavy atom. The van der Waals surface area contributed by atoms with Crippen molar-refractivity contribution in [1.29, 1.82) is 0 Å². The van der Waals surface area contributed by atoms with Crippen LogP contribution in [0.4, 0.5) is 0 Å². The standard InChI is InChI=1S/C12H20N2S/c1-10(11-5-4-8-15-11)14-7-6-13-9-12(14,2)3/h4-5,8,10,13H,6-7,9H2,1-3H3. The number of rotatable bonds is 2. The average Bonchev–Trinajstić information content (AvgIpc) is 2.69. The maximum absolute atomic E-state index is 3.47. The van der Waals surface area contributed by atoms with Crippen LogP contribution in [-0.4, -0.2) is 30.1 Å². The lowest BCUT2D eigenvalue weighted by Gasteiger charge is -2.46. The second-order valence-corrected chi connectivity index (χ2v) is 5.85. The third-order valence-electron chi connectivity index (χ3n) is 3.29. The molecule has 2 heterocycles. The highest BCUT2D eigenvalue weighted by atomic mass is 32.1. The zero-order valence-electron chi connectivity index (χ0n) is 9.79. The first-order valence-corrected chi connectivity index (χ1v) is 6.50. The van der Waals surface area contributed by atoms with Crippen LogP contribution >= 0.6 is 11.3 Å². The maximum Gasteiger partial charge on any atom is 0.0419 e. The first-order chi connectivity index (χ1) is 7.11. The second kappa shape index (κ2) is 4.24. The summed E-state index contributed by atoms with van der Waals surface area (Å²) in [6.07, 6.45) is 0. The Hall–Kier alpha value is -0.380. The number of hydrogen-bond acceptors (Lipinski definition) is 3. The molecule has 0 radical (unpaired) electrons. The molecule has 2 nitrogen and oxygen atoms in total. The molecule has 1 aliphatic rings. The van der Waals surface area contributed by atoms with E-state index in [0.29, 0.717) is 6.04 Å². The predicted molar refractivity (Wildman–Crippen MR) is 66.4 cm³/mol. The van der Waals surface area contributed by atoms with E-state index in [9.17, 15) is 0 Å². The van der Waals surface area contributed by atoms with Gasteiger partial charge in [0.05, 0.1) is 0 Å². The Balaban J connectivity index is 2.15. The van der Waals surface area contributed by atoms with Crippen molar-refractivity contribution < 1.29 is 0 Å². The van der Waals surface area contributed by atoms with Crippen molar-refractivity contribution in [1.82, 2.24) is 10.2 Å². The van der Waals surface area contributed by atoms with Gasteiger partial charge in [-0.25, -0.2) is 0 Å². The molecule has 1 unspecified atom stereocenters. The maximum atomic E-state index is 3.47. The molecule has 2 rings (SSSR count). The van der Waals surface area contributed by atoms with Gasteiger partial charge in [-0.2, -0.15) is 0 Å². The minimum atomic E-state index is 0.266. The molecule has 0 aromatic carbocycles. The Morgan fingerprint density at radius 3 is 2.93 bits per heavy atom. The van der Waals surface area contributed by atoms with Crippen LogP contribution in [0.25, 0.3) is 0 Å². The molecule has 0 spiro atoms. The van der Waals surface area contributed by atoms with E-state index in [1.54, 1.807) is 0 Å². The lowest BCUT2D eigenvalue weighted by Crippen LogP contribution is -2.58. The van der Waals surface area contributed by atoms with Gasteiger partial charge < -0.3 is 5.32 Å². The van der Waals surface area contributed by atoms with E-state index in [0.717, 1.165) is 19.6 Å². The highest BCUT2D eigenvalue weighted by Gasteiger charge is 2.33. The SMILES string of the molecule is CC(c1cccs1)N1CCNCC1(C)C. The molecule has 0 amide bonds. The fourth-order valence-electron chi connectivity index (χ4n) is 2.40. The van der Waals surface area contributed by atoms with Crippen LogP contribution in [0.2, 0.25) is 0 Å². The van der Waals surface area contributed by atoms with Crippen molar-refractivity contribution >= 4 is 11.3 Å². The van der Waals surface area contributed by atoms with Crippen molar-refractivity contribution in [3.63, 3.8) is 0 Å². The fourth-order valence-corrected chi connectivity index (χ4v) is 3.19. The van der Waals surface area contributed by atoms with Crippen LogP contribution in [0.15, 0.2) is 17.5 Å². The van der Waals surface area contributed by atoms with Crippen LogP contribution < -0.4 is 5.32 Å². The highest BCUT2D eigenvalue weighted by Crippen LogP contribution is 2.31. The molecule has 1 aromatic rings. The summed E-state index contributed by atoms with van der Waals surface area (Å²) in [5.74, 6) is 0. The number of piperazine rings is 1. The predicted octanol–water partition coefficient (Wildman–Crippen LogP) is 2.49. The number of nitrogens with one attached hydrogen (secondary N) is 1. The molecule has 15 heavy (non-hydrogen) atoms. The molecule has 1 N–H and O–H groups in total. The summed E-state index contributed by atoms with van der Waals surface area (Å²) in [5, 5.41) is 5.63. The zero-order chi connectivity index (χ0) is 10.9. The van der Waals surface area contributed by atoms with Crippen LogP contribution in [0.3, 0.4) is 0 Å². The minimum Gasteiger partial charge on any atom is -0.314 e. The van der Waals surface area contributed by atoms with E-state index in [-0.39, 0.29) is 5.54 Å². The number of nitrogens with zero attached hydrogens (tertiary/aromatic N) is 1. The summed E-state index contributed by atoms with van der Waals surface area (Å²) in [6, 6.07) is 4.93.